The molecule has 0 spiro atoms. The number of rotatable bonds is 12. The molecule has 2 N–H and O–H groups in total. The van der Waals surface area contributed by atoms with E-state index in [0.29, 0.717) is 23.4 Å². The number of hydrogen-bond acceptors (Lipinski definition) is 13. The normalized spacial score (nSPS) is 13.6. The standard InChI is InChI=1S/C49H58FN5O12S2/c1-11-64-40(56)28-36-27-33-29-54(25-24-39(33)68-36)43(58)38(26-30-12-20-35(21-13-30)53-69(62,63)37-22-18-34(50)19-23-37)51-42(57)32-16-14-31(15-17-32)41(52-44(59)65-47(2,3)4)55(45(60)66-48(5,6)7)46(61)67-49(8,9)10/h12-23,27,38,53H,11,24-26,28-29H2,1-10H3,(H,51,57). The molecule has 5 rings (SSSR count). The zero-order valence-electron chi connectivity index (χ0n) is 40.3. The third-order valence-corrected chi connectivity index (χ3v) is 12.2. The molecule has 20 heteroatoms. The summed E-state index contributed by atoms with van der Waals surface area (Å²) in [6.45, 7) is 16.8. The summed E-state index contributed by atoms with van der Waals surface area (Å²) in [6.07, 6.45) is -2.97. The molecule has 69 heavy (non-hydrogen) atoms. The van der Waals surface area contributed by atoms with Crippen LogP contribution in [0, 0.1) is 5.82 Å². The second-order valence-corrected chi connectivity index (χ2v) is 21.8. The summed E-state index contributed by atoms with van der Waals surface area (Å²) in [4.78, 5) is 89.3. The van der Waals surface area contributed by atoms with E-state index < -0.39 is 74.6 Å². The minimum Gasteiger partial charge on any atom is -0.466 e. The number of nitrogens with one attached hydrogen (secondary N) is 2. The molecular weight excluding hydrogens is 934 g/mol. The van der Waals surface area contributed by atoms with Crippen molar-refractivity contribution in [2.45, 2.75) is 123 Å². The molecule has 1 aromatic heterocycles. The number of carbonyl (C=O) groups excluding carboxylic acids is 6. The van der Waals surface area contributed by atoms with Crippen molar-refractivity contribution in [3.8, 4) is 0 Å². The fraction of sp³-hybridized carbons (Fsp3) is 0.408. The summed E-state index contributed by atoms with van der Waals surface area (Å²) < 4.78 is 63.5. The average Bonchev–Trinajstić information content (AvgIpc) is 3.63. The zero-order chi connectivity index (χ0) is 51.1. The van der Waals surface area contributed by atoms with Gasteiger partial charge in [-0.1, -0.05) is 24.3 Å². The monoisotopic (exact) mass is 991 g/mol. The van der Waals surface area contributed by atoms with Gasteiger partial charge < -0.3 is 29.2 Å². The molecule has 0 radical (unpaired) electrons. The molecule has 0 aliphatic carbocycles. The Labute approximate surface area is 405 Å². The van der Waals surface area contributed by atoms with Gasteiger partial charge in [-0.3, -0.25) is 19.1 Å². The van der Waals surface area contributed by atoms with Gasteiger partial charge in [0, 0.05) is 46.1 Å². The molecule has 1 aliphatic heterocycles. The number of thiophene rings is 1. The van der Waals surface area contributed by atoms with Crippen LogP contribution in [0.4, 0.5) is 24.5 Å². The molecule has 1 unspecified atom stereocenters. The van der Waals surface area contributed by atoms with Gasteiger partial charge in [-0.05, 0) is 141 Å². The van der Waals surface area contributed by atoms with Crippen LogP contribution in [-0.2, 0) is 64.4 Å². The van der Waals surface area contributed by atoms with Gasteiger partial charge in [0.2, 0.25) is 5.91 Å². The van der Waals surface area contributed by atoms with Crippen LogP contribution in [0.5, 0.6) is 0 Å². The van der Waals surface area contributed by atoms with Gasteiger partial charge in [0.05, 0.1) is 17.9 Å². The van der Waals surface area contributed by atoms with E-state index in [4.69, 9.17) is 18.9 Å². The number of amides is 5. The Morgan fingerprint density at radius 3 is 1.91 bits per heavy atom. The molecule has 4 aromatic rings. The highest BCUT2D eigenvalue weighted by Crippen LogP contribution is 2.30. The van der Waals surface area contributed by atoms with Gasteiger partial charge >= 0.3 is 24.2 Å². The maximum atomic E-state index is 14.5. The number of amidine groups is 1. The molecule has 5 amide bonds. The third-order valence-electron chi connectivity index (χ3n) is 9.59. The molecule has 370 valence electrons. The van der Waals surface area contributed by atoms with E-state index in [1.54, 1.807) is 86.3 Å². The first-order valence-electron chi connectivity index (χ1n) is 22.0. The van der Waals surface area contributed by atoms with E-state index in [1.165, 1.54) is 47.7 Å². The van der Waals surface area contributed by atoms with Crippen molar-refractivity contribution in [3.05, 3.63) is 117 Å². The fourth-order valence-corrected chi connectivity index (χ4v) is 8.92. The van der Waals surface area contributed by atoms with Gasteiger partial charge in [-0.2, -0.15) is 9.89 Å². The van der Waals surface area contributed by atoms with Gasteiger partial charge in [0.25, 0.3) is 15.9 Å². The van der Waals surface area contributed by atoms with Crippen molar-refractivity contribution in [1.29, 1.82) is 0 Å². The molecule has 0 saturated carbocycles. The van der Waals surface area contributed by atoms with Crippen molar-refractivity contribution >= 4 is 68.9 Å². The highest BCUT2D eigenvalue weighted by Gasteiger charge is 2.37. The van der Waals surface area contributed by atoms with Gasteiger partial charge in [0.1, 0.15) is 28.7 Å². The summed E-state index contributed by atoms with van der Waals surface area (Å²) in [5.41, 5.74) is -1.52. The van der Waals surface area contributed by atoms with Crippen molar-refractivity contribution in [1.82, 2.24) is 15.1 Å². The average molecular weight is 992 g/mol. The van der Waals surface area contributed by atoms with Crippen molar-refractivity contribution in [3.63, 3.8) is 0 Å². The summed E-state index contributed by atoms with van der Waals surface area (Å²) in [7, 11) is -4.06. The lowest BCUT2D eigenvalue weighted by atomic mass is 10.0. The quantitative estimate of drug-likeness (QED) is 0.0591. The minimum atomic E-state index is -4.06. The van der Waals surface area contributed by atoms with Crippen LogP contribution in [0.3, 0.4) is 0 Å². The Morgan fingerprint density at radius 1 is 0.797 bits per heavy atom. The highest BCUT2D eigenvalue weighted by molar-refractivity contribution is 7.92. The maximum absolute atomic E-state index is 14.5. The van der Waals surface area contributed by atoms with Crippen LogP contribution < -0.4 is 10.0 Å². The number of ether oxygens (including phenoxy) is 4. The number of sulfonamides is 1. The first kappa shape index (κ1) is 53.3. The lowest BCUT2D eigenvalue weighted by molar-refractivity contribution is -0.142. The van der Waals surface area contributed by atoms with Crippen LogP contribution in [0.25, 0.3) is 0 Å². The second kappa shape index (κ2) is 21.7. The Balaban J connectivity index is 1.46. The molecule has 17 nitrogen and oxygen atoms in total. The lowest BCUT2D eigenvalue weighted by Gasteiger charge is -2.31. The third kappa shape index (κ3) is 15.7. The summed E-state index contributed by atoms with van der Waals surface area (Å²) in [5.74, 6) is -2.56. The van der Waals surface area contributed by atoms with Crippen LogP contribution in [0.2, 0.25) is 0 Å². The van der Waals surface area contributed by atoms with Crippen molar-refractivity contribution < 1.29 is 60.5 Å². The van der Waals surface area contributed by atoms with E-state index >= 15 is 0 Å². The van der Waals surface area contributed by atoms with E-state index in [-0.39, 0.29) is 53.7 Å². The molecule has 1 atom stereocenters. The number of esters is 1. The summed E-state index contributed by atoms with van der Waals surface area (Å²) in [6, 6.07) is 16.7. The molecule has 0 fully saturated rings. The first-order chi connectivity index (χ1) is 32.1. The van der Waals surface area contributed by atoms with E-state index in [0.717, 1.165) is 39.6 Å². The molecule has 0 bridgehead atoms. The Bertz CT molecular complexity index is 2650. The summed E-state index contributed by atoms with van der Waals surface area (Å²) in [5, 5.41) is 2.85. The Kier molecular flexibility index (Phi) is 16.8. The minimum absolute atomic E-state index is 0.0131. The maximum Gasteiger partial charge on any atom is 0.436 e. The van der Waals surface area contributed by atoms with Gasteiger partial charge in [-0.25, -0.2) is 27.2 Å². The number of benzene rings is 3. The van der Waals surface area contributed by atoms with E-state index in [1.807, 2.05) is 6.07 Å². The van der Waals surface area contributed by atoms with E-state index in [2.05, 4.69) is 15.0 Å². The number of imide groups is 1. The zero-order valence-corrected chi connectivity index (χ0v) is 41.9. The fourth-order valence-electron chi connectivity index (χ4n) is 6.71. The molecule has 1 aliphatic rings. The number of fused-ring (bicyclic) bond motifs is 1. The molecule has 3 aromatic carbocycles. The number of carbonyl (C=O) groups is 6. The molecule has 2 heterocycles. The molecule has 0 saturated heterocycles. The van der Waals surface area contributed by atoms with Crippen LogP contribution >= 0.6 is 11.3 Å². The number of hydrogen-bond donors (Lipinski definition) is 2. The van der Waals surface area contributed by atoms with E-state index in [9.17, 15) is 41.6 Å². The first-order valence-corrected chi connectivity index (χ1v) is 24.3. The predicted molar refractivity (Wildman–Crippen MR) is 256 cm³/mol. The molecular formula is C49H58FN5O12S2. The number of nitrogens with zero attached hydrogens (tertiary/aromatic N) is 3. The van der Waals surface area contributed by atoms with Gasteiger partial charge in [0.15, 0.2) is 5.84 Å². The number of halogens is 1. The second-order valence-electron chi connectivity index (χ2n) is 18.9. The predicted octanol–water partition coefficient (Wildman–Crippen LogP) is 8.57. The van der Waals surface area contributed by atoms with Crippen molar-refractivity contribution in [2.24, 2.45) is 4.99 Å². The van der Waals surface area contributed by atoms with Crippen LogP contribution in [-0.4, -0.2) is 96.1 Å². The highest BCUT2D eigenvalue weighted by atomic mass is 32.2. The largest absolute Gasteiger partial charge is 0.466 e. The van der Waals surface area contributed by atoms with Crippen LogP contribution in [0.1, 0.15) is 106 Å². The smallest absolute Gasteiger partial charge is 0.436 e. The lowest BCUT2D eigenvalue weighted by Crippen LogP contribution is -2.50. The SMILES string of the molecule is CCOC(=O)Cc1cc2c(s1)CCN(C(=O)C(Cc1ccc(NS(=O)(=O)c3ccc(F)cc3)cc1)NC(=O)c1ccc(C(=NC(=O)OC(C)(C)C)N(C(=O)OC(C)(C)C)C(=O)OC(C)(C)C)cc1)C2. The summed E-state index contributed by atoms with van der Waals surface area (Å²) >= 11 is 1.48. The van der Waals surface area contributed by atoms with Gasteiger partial charge in [-0.15, -0.1) is 11.3 Å². The Morgan fingerprint density at radius 2 is 1.36 bits per heavy atom. The topological polar surface area (TPSA) is 216 Å². The number of anilines is 1. The number of aliphatic imine (C=N–C) groups is 1. The van der Waals surface area contributed by atoms with Crippen molar-refractivity contribution in [2.75, 3.05) is 17.9 Å². The Hall–Kier alpha value is -6.67. The van der Waals surface area contributed by atoms with Crippen LogP contribution in [0.15, 0.2) is 88.8 Å².